The third-order valence-electron chi connectivity index (χ3n) is 2.84. The monoisotopic (exact) mass is 291 g/mol. The molecule has 2 aromatic rings. The van der Waals surface area contributed by atoms with Crippen LogP contribution in [0.15, 0.2) is 24.5 Å². The summed E-state index contributed by atoms with van der Waals surface area (Å²) in [4.78, 5) is 21.1. The zero-order valence-corrected chi connectivity index (χ0v) is 12.5. The molecule has 0 saturated carbocycles. The highest BCUT2D eigenvalue weighted by Gasteiger charge is 2.10. The number of carbonyl (C=O) groups is 1. The third-order valence-corrected chi connectivity index (χ3v) is 3.94. The fourth-order valence-corrected chi connectivity index (χ4v) is 2.49. The van der Waals surface area contributed by atoms with Crippen LogP contribution in [0.2, 0.25) is 0 Å². The first-order valence-corrected chi connectivity index (χ1v) is 7.10. The standard InChI is InChI=1S/C14H17N3O2S/c1-9-6-17-13(20-9)10(2)15-8-12-5-4-11(7-16-12)14(18)19-3/h4-7,10,15H,8H2,1-3H3. The Morgan fingerprint density at radius 3 is 2.75 bits per heavy atom. The van der Waals surface area contributed by atoms with Gasteiger partial charge in [0.2, 0.25) is 0 Å². The minimum Gasteiger partial charge on any atom is -0.465 e. The number of hydrogen-bond donors (Lipinski definition) is 1. The lowest BCUT2D eigenvalue weighted by molar-refractivity contribution is 0.0600. The molecule has 0 bridgehead atoms. The first kappa shape index (κ1) is 14.6. The van der Waals surface area contributed by atoms with Crippen LogP contribution in [0.5, 0.6) is 0 Å². The minimum absolute atomic E-state index is 0.177. The third kappa shape index (κ3) is 3.61. The molecule has 0 aromatic carbocycles. The summed E-state index contributed by atoms with van der Waals surface area (Å²) >= 11 is 1.69. The molecule has 1 unspecified atom stereocenters. The van der Waals surface area contributed by atoms with Crippen LogP contribution in [0.25, 0.3) is 0 Å². The van der Waals surface area contributed by atoms with E-state index in [2.05, 4.69) is 26.9 Å². The summed E-state index contributed by atoms with van der Waals surface area (Å²) < 4.78 is 4.63. The number of aryl methyl sites for hydroxylation is 1. The molecule has 1 N–H and O–H groups in total. The average Bonchev–Trinajstić information content (AvgIpc) is 2.91. The van der Waals surface area contributed by atoms with Crippen molar-refractivity contribution in [1.82, 2.24) is 15.3 Å². The molecule has 0 aliphatic rings. The fourth-order valence-electron chi connectivity index (χ4n) is 1.68. The maximum atomic E-state index is 11.3. The second kappa shape index (κ2) is 6.58. The summed E-state index contributed by atoms with van der Waals surface area (Å²) in [6, 6.07) is 3.71. The molecule has 0 fully saturated rings. The molecule has 106 valence electrons. The van der Waals surface area contributed by atoms with E-state index >= 15 is 0 Å². The van der Waals surface area contributed by atoms with Crippen molar-refractivity contribution < 1.29 is 9.53 Å². The number of hydrogen-bond acceptors (Lipinski definition) is 6. The molecule has 0 aliphatic heterocycles. The van der Waals surface area contributed by atoms with Crippen LogP contribution in [-0.4, -0.2) is 23.0 Å². The van der Waals surface area contributed by atoms with Crippen LogP contribution < -0.4 is 5.32 Å². The molecule has 2 heterocycles. The highest BCUT2D eigenvalue weighted by molar-refractivity contribution is 7.11. The maximum Gasteiger partial charge on any atom is 0.339 e. The smallest absolute Gasteiger partial charge is 0.339 e. The van der Waals surface area contributed by atoms with Gasteiger partial charge in [0, 0.05) is 23.8 Å². The summed E-state index contributed by atoms with van der Waals surface area (Å²) in [5.41, 5.74) is 1.33. The van der Waals surface area contributed by atoms with Gasteiger partial charge >= 0.3 is 5.97 Å². The van der Waals surface area contributed by atoms with Crippen molar-refractivity contribution in [1.29, 1.82) is 0 Å². The van der Waals surface area contributed by atoms with Gasteiger partial charge in [-0.15, -0.1) is 11.3 Å². The van der Waals surface area contributed by atoms with Crippen molar-refractivity contribution >= 4 is 17.3 Å². The van der Waals surface area contributed by atoms with E-state index in [4.69, 9.17) is 0 Å². The number of nitrogens with zero attached hydrogens (tertiary/aromatic N) is 2. The predicted octanol–water partition coefficient (Wildman–Crippen LogP) is 2.48. The maximum absolute atomic E-state index is 11.3. The van der Waals surface area contributed by atoms with Crippen LogP contribution in [0, 0.1) is 6.92 Å². The lowest BCUT2D eigenvalue weighted by Gasteiger charge is -2.10. The van der Waals surface area contributed by atoms with Gasteiger partial charge in [0.15, 0.2) is 0 Å². The van der Waals surface area contributed by atoms with Gasteiger partial charge in [-0.2, -0.15) is 0 Å². The Morgan fingerprint density at radius 1 is 1.40 bits per heavy atom. The van der Waals surface area contributed by atoms with Crippen molar-refractivity contribution in [2.75, 3.05) is 7.11 Å². The second-order valence-corrected chi connectivity index (χ2v) is 5.71. The average molecular weight is 291 g/mol. The Hall–Kier alpha value is -1.79. The van der Waals surface area contributed by atoms with E-state index in [-0.39, 0.29) is 12.0 Å². The van der Waals surface area contributed by atoms with E-state index in [1.807, 2.05) is 19.2 Å². The highest BCUT2D eigenvalue weighted by atomic mass is 32.1. The van der Waals surface area contributed by atoms with Gasteiger partial charge in [0.25, 0.3) is 0 Å². The number of pyridine rings is 1. The number of methoxy groups -OCH3 is 1. The lowest BCUT2D eigenvalue weighted by atomic mass is 10.2. The lowest BCUT2D eigenvalue weighted by Crippen LogP contribution is -2.18. The summed E-state index contributed by atoms with van der Waals surface area (Å²) in [5, 5.41) is 4.42. The summed E-state index contributed by atoms with van der Waals surface area (Å²) in [6.45, 7) is 4.74. The molecule has 0 spiro atoms. The molecule has 2 rings (SSSR count). The molecule has 0 aliphatic carbocycles. The number of rotatable bonds is 5. The quantitative estimate of drug-likeness (QED) is 0.857. The van der Waals surface area contributed by atoms with Crippen LogP contribution in [0.3, 0.4) is 0 Å². The van der Waals surface area contributed by atoms with Gasteiger partial charge in [0.05, 0.1) is 24.4 Å². The van der Waals surface area contributed by atoms with Crippen molar-refractivity contribution in [2.45, 2.75) is 26.4 Å². The SMILES string of the molecule is COC(=O)c1ccc(CNC(C)c2ncc(C)s2)nc1. The van der Waals surface area contributed by atoms with Gasteiger partial charge in [0.1, 0.15) is 5.01 Å². The second-order valence-electron chi connectivity index (χ2n) is 4.44. The summed E-state index contributed by atoms with van der Waals surface area (Å²) in [7, 11) is 1.36. The number of aromatic nitrogens is 2. The zero-order valence-electron chi connectivity index (χ0n) is 11.7. The normalized spacial score (nSPS) is 12.2. The topological polar surface area (TPSA) is 64.1 Å². The van der Waals surface area contributed by atoms with Crippen LogP contribution >= 0.6 is 11.3 Å². The highest BCUT2D eigenvalue weighted by Crippen LogP contribution is 2.19. The molecule has 20 heavy (non-hydrogen) atoms. The van der Waals surface area contributed by atoms with E-state index in [9.17, 15) is 4.79 Å². The van der Waals surface area contributed by atoms with Crippen LogP contribution in [-0.2, 0) is 11.3 Å². The van der Waals surface area contributed by atoms with Gasteiger partial charge in [-0.1, -0.05) is 0 Å². The summed E-state index contributed by atoms with van der Waals surface area (Å²) in [6.07, 6.45) is 3.41. The van der Waals surface area contributed by atoms with Crippen molar-refractivity contribution in [2.24, 2.45) is 0 Å². The van der Waals surface area contributed by atoms with Crippen LogP contribution in [0.4, 0.5) is 0 Å². The van der Waals surface area contributed by atoms with Crippen molar-refractivity contribution in [3.05, 3.63) is 45.7 Å². The number of ether oxygens (including phenoxy) is 1. The molecular formula is C14H17N3O2S. The Balaban J connectivity index is 1.92. The molecular weight excluding hydrogens is 274 g/mol. The summed E-state index contributed by atoms with van der Waals surface area (Å²) in [5.74, 6) is -0.372. The minimum atomic E-state index is -0.372. The van der Waals surface area contributed by atoms with E-state index < -0.39 is 0 Å². The van der Waals surface area contributed by atoms with Crippen LogP contribution in [0.1, 0.15) is 38.9 Å². The molecule has 0 amide bonds. The zero-order chi connectivity index (χ0) is 14.5. The van der Waals surface area contributed by atoms with E-state index in [0.29, 0.717) is 12.1 Å². The first-order valence-electron chi connectivity index (χ1n) is 6.29. The first-order chi connectivity index (χ1) is 9.60. The Labute approximate surface area is 122 Å². The fraction of sp³-hybridized carbons (Fsp3) is 0.357. The molecule has 0 radical (unpaired) electrons. The van der Waals surface area contributed by atoms with Gasteiger partial charge < -0.3 is 10.1 Å². The number of thiazole rings is 1. The van der Waals surface area contributed by atoms with E-state index in [1.54, 1.807) is 17.4 Å². The molecule has 2 aromatic heterocycles. The number of nitrogens with one attached hydrogen (secondary N) is 1. The number of carbonyl (C=O) groups excluding carboxylic acids is 1. The Kier molecular flexibility index (Phi) is 4.81. The molecule has 6 heteroatoms. The van der Waals surface area contributed by atoms with Gasteiger partial charge in [-0.25, -0.2) is 9.78 Å². The van der Waals surface area contributed by atoms with Crippen molar-refractivity contribution in [3.63, 3.8) is 0 Å². The van der Waals surface area contributed by atoms with Gasteiger partial charge in [-0.05, 0) is 26.0 Å². The Bertz CT molecular complexity index is 580. The number of esters is 1. The van der Waals surface area contributed by atoms with E-state index in [1.165, 1.54) is 18.2 Å². The van der Waals surface area contributed by atoms with Gasteiger partial charge in [-0.3, -0.25) is 4.98 Å². The van der Waals surface area contributed by atoms with E-state index in [0.717, 1.165) is 10.7 Å². The largest absolute Gasteiger partial charge is 0.465 e. The molecule has 5 nitrogen and oxygen atoms in total. The molecule has 0 saturated heterocycles. The Morgan fingerprint density at radius 2 is 2.20 bits per heavy atom. The van der Waals surface area contributed by atoms with Crippen molar-refractivity contribution in [3.8, 4) is 0 Å². The predicted molar refractivity (Wildman–Crippen MR) is 77.7 cm³/mol. The molecule has 1 atom stereocenters.